The van der Waals surface area contributed by atoms with E-state index in [1.54, 1.807) is 48.5 Å². The van der Waals surface area contributed by atoms with Gasteiger partial charge in [0.1, 0.15) is 36.6 Å². The Morgan fingerprint density at radius 1 is 0.766 bits per heavy atom. The second-order valence-corrected chi connectivity index (χ2v) is 16.1. The topological polar surface area (TPSA) is 292 Å². The minimum absolute atomic E-state index is 0.0553. The number of nitrogens with one attached hydrogen (secondary N) is 2. The number of phenols is 3. The number of carbonyl (C=O) groups is 3. The van der Waals surface area contributed by atoms with E-state index in [2.05, 4.69) is 10.6 Å². The molecule has 2 saturated heterocycles. The number of esters is 1. The van der Waals surface area contributed by atoms with Gasteiger partial charge in [-0.05, 0) is 73.0 Å². The van der Waals surface area contributed by atoms with Crippen molar-refractivity contribution in [2.75, 3.05) is 23.8 Å². The molecule has 0 unspecified atom stereocenters. The molecule has 4 aromatic carbocycles. The van der Waals surface area contributed by atoms with Crippen molar-refractivity contribution in [3.8, 4) is 23.0 Å². The lowest BCUT2D eigenvalue weighted by Gasteiger charge is -2.46. The summed E-state index contributed by atoms with van der Waals surface area (Å²) < 4.78 is 35.7. The maximum atomic E-state index is 14.8. The third-order valence-corrected chi connectivity index (χ3v) is 12.2. The zero-order valence-electron chi connectivity index (χ0n) is 33.8. The first-order valence-corrected chi connectivity index (χ1v) is 20.4. The van der Waals surface area contributed by atoms with Crippen molar-refractivity contribution in [1.82, 2.24) is 0 Å². The van der Waals surface area contributed by atoms with E-state index in [0.29, 0.717) is 22.5 Å². The normalized spacial score (nSPS) is 32.5. The monoisotopic (exact) mass is 884 g/mol. The first-order valence-electron chi connectivity index (χ1n) is 20.4. The van der Waals surface area contributed by atoms with E-state index in [-0.39, 0.29) is 47.0 Å². The summed E-state index contributed by atoms with van der Waals surface area (Å²) in [5.41, 5.74) is -1.78. The Labute approximate surface area is 363 Å². The number of aromatic hydroxyl groups is 3. The number of ketones is 2. The molecule has 19 nitrogen and oxygen atoms in total. The van der Waals surface area contributed by atoms with E-state index in [1.807, 2.05) is 0 Å². The summed E-state index contributed by atoms with van der Waals surface area (Å²) in [7, 11) is 0. The number of hydrogen-bond acceptors (Lipinski definition) is 19. The van der Waals surface area contributed by atoms with Gasteiger partial charge in [0.15, 0.2) is 47.2 Å². The molecule has 19 heteroatoms. The molecule has 0 saturated carbocycles. The first-order chi connectivity index (χ1) is 30.7. The van der Waals surface area contributed by atoms with Crippen molar-refractivity contribution >= 4 is 35.0 Å². The fraction of sp³-hybridized carbons (Fsp3) is 0.356. The van der Waals surface area contributed by atoms with E-state index >= 15 is 0 Å². The van der Waals surface area contributed by atoms with Crippen molar-refractivity contribution in [2.45, 2.75) is 86.0 Å². The highest BCUT2D eigenvalue weighted by atomic mass is 16.7. The molecule has 5 heterocycles. The number of hydrogen-bond donors (Lipinski definition) is 10. The molecule has 10 N–H and O–H groups in total. The molecule has 2 fully saturated rings. The number of para-hydroxylation sites is 2. The molecule has 12 atom stereocenters. The van der Waals surface area contributed by atoms with Gasteiger partial charge in [0, 0.05) is 34.1 Å². The van der Waals surface area contributed by atoms with Crippen LogP contribution < -0.4 is 15.4 Å². The van der Waals surface area contributed by atoms with Crippen LogP contribution in [0.1, 0.15) is 44.3 Å². The van der Waals surface area contributed by atoms with Crippen molar-refractivity contribution in [3.63, 3.8) is 0 Å². The Hall–Kier alpha value is -6.13. The van der Waals surface area contributed by atoms with Crippen LogP contribution in [0.25, 0.3) is 6.08 Å². The highest BCUT2D eigenvalue weighted by Gasteiger charge is 2.74. The minimum atomic E-state index is -2.08. The van der Waals surface area contributed by atoms with Crippen LogP contribution in [0.2, 0.25) is 0 Å². The fourth-order valence-corrected chi connectivity index (χ4v) is 9.00. The van der Waals surface area contributed by atoms with Crippen molar-refractivity contribution in [2.24, 2.45) is 0 Å². The van der Waals surface area contributed by atoms with Crippen molar-refractivity contribution < 1.29 is 83.7 Å². The van der Waals surface area contributed by atoms with Crippen LogP contribution in [0.15, 0.2) is 84.9 Å². The molecule has 0 amide bonds. The summed E-state index contributed by atoms with van der Waals surface area (Å²) in [4.78, 5) is 42.5. The van der Waals surface area contributed by atoms with Gasteiger partial charge in [-0.15, -0.1) is 0 Å². The first kappa shape index (κ1) is 43.1. The van der Waals surface area contributed by atoms with E-state index in [1.165, 1.54) is 43.3 Å². The third kappa shape index (κ3) is 6.84. The average molecular weight is 885 g/mol. The van der Waals surface area contributed by atoms with E-state index in [4.69, 9.17) is 28.4 Å². The summed E-state index contributed by atoms with van der Waals surface area (Å²) in [6, 6.07) is 20.1. The molecule has 0 aliphatic carbocycles. The SMILES string of the molecule is C[C@@H]1O[C@@H](O[C@@H]2[C@@H](O)[C@H](OCCc3ccc(O)c4c3[C@]3(Nc5ccccc5C3=O)[C@@]3(Nc5ccccc5C3=O)O4)O[C@H](CO)[C@H]2OC(=O)/C=C/c2ccc(O)c(O)c2)[C@H](O)[C@H](O)[C@H]1O. The number of Topliss-reactive ketones (excluding diaryl/α,β-unsaturated/α-hetero) is 2. The zero-order valence-corrected chi connectivity index (χ0v) is 33.8. The van der Waals surface area contributed by atoms with E-state index < -0.39 is 103 Å². The molecular formula is C45H44N2O17. The third-order valence-electron chi connectivity index (χ3n) is 12.2. The zero-order chi connectivity index (χ0) is 45.2. The number of benzene rings is 4. The Morgan fingerprint density at radius 3 is 2.14 bits per heavy atom. The Kier molecular flexibility index (Phi) is 11.1. The number of aliphatic hydroxyl groups excluding tert-OH is 5. The summed E-state index contributed by atoms with van der Waals surface area (Å²) in [5.74, 6) is -3.39. The fourth-order valence-electron chi connectivity index (χ4n) is 9.00. The van der Waals surface area contributed by atoms with Crippen LogP contribution in [0.3, 0.4) is 0 Å². The highest BCUT2D eigenvalue weighted by Crippen LogP contribution is 2.61. The van der Waals surface area contributed by atoms with Gasteiger partial charge in [-0.1, -0.05) is 36.4 Å². The molecule has 4 aromatic rings. The molecule has 9 rings (SSSR count). The van der Waals surface area contributed by atoms with Gasteiger partial charge in [-0.25, -0.2) is 4.79 Å². The van der Waals surface area contributed by atoms with E-state index in [0.717, 1.165) is 6.08 Å². The number of fused-ring (bicyclic) bond motifs is 5. The minimum Gasteiger partial charge on any atom is -0.504 e. The van der Waals surface area contributed by atoms with Gasteiger partial charge in [-0.3, -0.25) is 9.59 Å². The predicted molar refractivity (Wildman–Crippen MR) is 219 cm³/mol. The number of ether oxygens (including phenoxy) is 6. The van der Waals surface area contributed by atoms with Crippen LogP contribution in [0, 0.1) is 0 Å². The van der Waals surface area contributed by atoms with Crippen LogP contribution in [-0.4, -0.2) is 139 Å². The van der Waals surface area contributed by atoms with E-state index in [9.17, 15) is 55.2 Å². The quantitative estimate of drug-likeness (QED) is 0.0608. The van der Waals surface area contributed by atoms with Crippen LogP contribution in [0.4, 0.5) is 11.4 Å². The van der Waals surface area contributed by atoms with Crippen LogP contribution in [0.5, 0.6) is 23.0 Å². The largest absolute Gasteiger partial charge is 0.504 e. The number of anilines is 2. The number of rotatable bonds is 10. The lowest BCUT2D eigenvalue weighted by molar-refractivity contribution is -0.357. The predicted octanol–water partition coefficient (Wildman–Crippen LogP) is 1.18. The maximum Gasteiger partial charge on any atom is 0.331 e. The molecule has 336 valence electrons. The van der Waals surface area contributed by atoms with Crippen molar-refractivity contribution in [1.29, 1.82) is 0 Å². The van der Waals surface area contributed by atoms with Gasteiger partial charge in [0.25, 0.3) is 5.72 Å². The molecule has 64 heavy (non-hydrogen) atoms. The molecule has 0 aromatic heterocycles. The average Bonchev–Trinajstić information content (AvgIpc) is 3.87. The smallest absolute Gasteiger partial charge is 0.331 e. The maximum absolute atomic E-state index is 14.8. The molecular weight excluding hydrogens is 840 g/mol. The lowest BCUT2D eigenvalue weighted by atomic mass is 9.74. The Morgan fingerprint density at radius 2 is 1.45 bits per heavy atom. The standard InChI is InChI=1S/C45H44N2O17/c1-20-33(53)34(54)35(55)43(60-20)63-39-36(56)42(61-30(19-48)38(39)62-31(52)15-11-21-10-13-27(49)29(51)18-21)59-17-16-22-12-14-28(50)37-32(22)44(40(57)23-6-2-4-8-25(23)46-44)45(64-37)41(58)24-7-3-5-9-26(24)47-45/h2-15,18,20,30,33-36,38-39,42-43,46-51,53-56H,16-17,19H2,1H3/b15-11+/t20-,30+,33-,34+,35+,36+,38+,39+,42+,43-,44+,45-/m0/s1. The number of carbonyl (C=O) groups excluding carboxylic acids is 3. The summed E-state index contributed by atoms with van der Waals surface area (Å²) in [6.45, 7) is 0.300. The van der Waals surface area contributed by atoms with Crippen LogP contribution in [-0.2, 0) is 40.4 Å². The number of phenolic OH excluding ortho intramolecular Hbond substituents is 3. The summed E-state index contributed by atoms with van der Waals surface area (Å²) in [5, 5.41) is 91.2. The van der Waals surface area contributed by atoms with Crippen molar-refractivity contribution in [3.05, 3.63) is 113 Å². The molecule has 5 aliphatic heterocycles. The second kappa shape index (κ2) is 16.5. The van der Waals surface area contributed by atoms with Gasteiger partial charge < -0.3 is 79.9 Å². The van der Waals surface area contributed by atoms with Gasteiger partial charge >= 0.3 is 5.97 Å². The Bertz CT molecular complexity index is 2530. The van der Waals surface area contributed by atoms with Crippen LogP contribution >= 0.6 is 0 Å². The summed E-state index contributed by atoms with van der Waals surface area (Å²) in [6.07, 6.45) is -13.9. The highest BCUT2D eigenvalue weighted by molar-refractivity contribution is 6.24. The van der Waals surface area contributed by atoms with Gasteiger partial charge in [-0.2, -0.15) is 0 Å². The molecule has 0 bridgehead atoms. The molecule has 2 spiro atoms. The summed E-state index contributed by atoms with van der Waals surface area (Å²) >= 11 is 0. The van der Waals surface area contributed by atoms with Gasteiger partial charge in [0.05, 0.1) is 19.3 Å². The molecule has 0 radical (unpaired) electrons. The second-order valence-electron chi connectivity index (χ2n) is 16.1. The lowest BCUT2D eigenvalue weighted by Crippen LogP contribution is -2.65. The van der Waals surface area contributed by atoms with Gasteiger partial charge in [0.2, 0.25) is 11.6 Å². The number of aliphatic hydroxyl groups is 5. The Balaban J connectivity index is 0.999. The molecule has 5 aliphatic rings.